The number of benzene rings is 1. The lowest BCUT2D eigenvalue weighted by molar-refractivity contribution is -0.0545. The van der Waals surface area contributed by atoms with Crippen molar-refractivity contribution in [2.24, 2.45) is 5.41 Å². The first-order chi connectivity index (χ1) is 13.1. The second kappa shape index (κ2) is 7.37. The number of hydrogen-bond acceptors (Lipinski definition) is 5. The second-order valence-electron chi connectivity index (χ2n) is 8.70. The molecule has 2 aliphatic heterocycles. The van der Waals surface area contributed by atoms with Gasteiger partial charge in [0.05, 0.1) is 17.2 Å². The number of methoxy groups -OCH3 is 1. The van der Waals surface area contributed by atoms with Crippen molar-refractivity contribution in [2.75, 3.05) is 26.7 Å². The minimum Gasteiger partial charge on any atom is -0.465 e. The van der Waals surface area contributed by atoms with E-state index < -0.39 is 11.6 Å². The number of rotatable bonds is 4. The lowest BCUT2D eigenvalue weighted by Crippen LogP contribution is -2.68. The van der Waals surface area contributed by atoms with Gasteiger partial charge in [-0.25, -0.2) is 9.59 Å². The van der Waals surface area contributed by atoms with Crippen LogP contribution in [0, 0.1) is 12.3 Å². The molecule has 7 heteroatoms. The van der Waals surface area contributed by atoms with Gasteiger partial charge in [-0.05, 0) is 29.5 Å². The molecule has 154 valence electrons. The number of carbonyl (C=O) groups is 2. The van der Waals surface area contributed by atoms with Gasteiger partial charge in [-0.3, -0.25) is 4.90 Å². The van der Waals surface area contributed by atoms with Crippen LogP contribution in [-0.2, 0) is 16.1 Å². The molecule has 0 radical (unpaired) electrons. The summed E-state index contributed by atoms with van der Waals surface area (Å²) < 4.78 is 11.1. The van der Waals surface area contributed by atoms with E-state index in [0.29, 0.717) is 31.6 Å². The Morgan fingerprint density at radius 2 is 2.14 bits per heavy atom. The Balaban J connectivity index is 2.03. The first-order valence-electron chi connectivity index (χ1n) is 9.66. The lowest BCUT2D eigenvalue weighted by atomic mass is 9.67. The summed E-state index contributed by atoms with van der Waals surface area (Å²) in [5.74, 6) is -0.293. The van der Waals surface area contributed by atoms with Crippen LogP contribution in [0.5, 0.6) is 0 Å². The SMILES string of the molecule is COC(CC1(C(C)(C)C)CNCCN1C(=O)O)c1ccc2c(c1C)COC2=O. The molecule has 2 aliphatic rings. The first kappa shape index (κ1) is 20.6. The molecule has 2 atom stereocenters. The molecule has 1 fully saturated rings. The Bertz CT molecular complexity index is 786. The summed E-state index contributed by atoms with van der Waals surface area (Å²) in [5, 5.41) is 13.3. The molecule has 1 saturated heterocycles. The molecule has 2 heterocycles. The third-order valence-corrected chi connectivity index (χ3v) is 6.44. The quantitative estimate of drug-likeness (QED) is 0.768. The van der Waals surface area contributed by atoms with Crippen molar-refractivity contribution in [1.82, 2.24) is 10.2 Å². The fraction of sp³-hybridized carbons (Fsp3) is 0.619. The van der Waals surface area contributed by atoms with Crippen LogP contribution in [0.4, 0.5) is 4.79 Å². The smallest absolute Gasteiger partial charge is 0.407 e. The molecule has 1 aromatic rings. The summed E-state index contributed by atoms with van der Waals surface area (Å²) in [6.45, 7) is 10.1. The molecule has 7 nitrogen and oxygen atoms in total. The number of esters is 1. The van der Waals surface area contributed by atoms with E-state index in [0.717, 1.165) is 16.7 Å². The van der Waals surface area contributed by atoms with Gasteiger partial charge in [-0.2, -0.15) is 0 Å². The third kappa shape index (κ3) is 3.26. The van der Waals surface area contributed by atoms with E-state index in [9.17, 15) is 14.7 Å². The molecule has 0 aromatic heterocycles. The maximum Gasteiger partial charge on any atom is 0.407 e. The Kier molecular flexibility index (Phi) is 5.42. The largest absolute Gasteiger partial charge is 0.465 e. The minimum atomic E-state index is -0.907. The zero-order chi connectivity index (χ0) is 20.7. The van der Waals surface area contributed by atoms with Crippen molar-refractivity contribution in [3.8, 4) is 0 Å². The van der Waals surface area contributed by atoms with Crippen LogP contribution in [0.1, 0.15) is 60.3 Å². The number of nitrogens with one attached hydrogen (secondary N) is 1. The van der Waals surface area contributed by atoms with Gasteiger partial charge in [-0.1, -0.05) is 26.8 Å². The van der Waals surface area contributed by atoms with Gasteiger partial charge in [-0.15, -0.1) is 0 Å². The van der Waals surface area contributed by atoms with E-state index in [1.165, 1.54) is 0 Å². The Labute approximate surface area is 166 Å². The van der Waals surface area contributed by atoms with Crippen LogP contribution < -0.4 is 5.32 Å². The van der Waals surface area contributed by atoms with Crippen molar-refractivity contribution in [3.63, 3.8) is 0 Å². The van der Waals surface area contributed by atoms with Gasteiger partial charge in [0.1, 0.15) is 6.61 Å². The number of cyclic esters (lactones) is 1. The standard InChI is InChI=1S/C21H30N2O5/c1-13-14(6-7-15-16(13)11-28-18(15)24)17(27-5)10-21(20(2,3)4)12-22-8-9-23(21)19(25)26/h6-7,17,22H,8-12H2,1-5H3,(H,25,26). The van der Waals surface area contributed by atoms with Crippen LogP contribution in [-0.4, -0.2) is 54.4 Å². The van der Waals surface area contributed by atoms with Gasteiger partial charge < -0.3 is 19.9 Å². The third-order valence-electron chi connectivity index (χ3n) is 6.44. The molecule has 0 spiro atoms. The highest BCUT2D eigenvalue weighted by atomic mass is 16.5. The molecule has 28 heavy (non-hydrogen) atoms. The Morgan fingerprint density at radius 3 is 2.75 bits per heavy atom. The summed E-state index contributed by atoms with van der Waals surface area (Å²) in [5.41, 5.74) is 2.51. The van der Waals surface area contributed by atoms with E-state index in [2.05, 4.69) is 26.1 Å². The van der Waals surface area contributed by atoms with E-state index in [1.54, 1.807) is 18.1 Å². The van der Waals surface area contributed by atoms with E-state index in [4.69, 9.17) is 9.47 Å². The van der Waals surface area contributed by atoms with Crippen molar-refractivity contribution >= 4 is 12.1 Å². The van der Waals surface area contributed by atoms with Crippen LogP contribution in [0.25, 0.3) is 0 Å². The summed E-state index contributed by atoms with van der Waals surface area (Å²) in [7, 11) is 1.65. The second-order valence-corrected chi connectivity index (χ2v) is 8.70. The predicted octanol–water partition coefficient (Wildman–Crippen LogP) is 3.11. The topological polar surface area (TPSA) is 88.1 Å². The number of carboxylic acid groups (broad SMARTS) is 1. The molecule has 1 aromatic carbocycles. The molecule has 1 amide bonds. The summed E-state index contributed by atoms with van der Waals surface area (Å²) in [6.07, 6.45) is -0.696. The number of piperazine rings is 1. The molecule has 2 unspecified atom stereocenters. The number of hydrogen-bond donors (Lipinski definition) is 2. The molecule has 0 bridgehead atoms. The van der Waals surface area contributed by atoms with Gasteiger partial charge >= 0.3 is 12.1 Å². The predicted molar refractivity (Wildman–Crippen MR) is 104 cm³/mol. The Morgan fingerprint density at radius 1 is 1.43 bits per heavy atom. The number of nitrogens with zero attached hydrogens (tertiary/aromatic N) is 1. The van der Waals surface area contributed by atoms with E-state index >= 15 is 0 Å². The normalized spacial score (nSPS) is 23.3. The number of amides is 1. The first-order valence-corrected chi connectivity index (χ1v) is 9.66. The molecular formula is C21H30N2O5. The average molecular weight is 390 g/mol. The highest BCUT2D eigenvalue weighted by Gasteiger charge is 2.51. The fourth-order valence-electron chi connectivity index (χ4n) is 4.58. The van der Waals surface area contributed by atoms with Gasteiger partial charge in [0.25, 0.3) is 0 Å². The minimum absolute atomic E-state index is 0.275. The van der Waals surface area contributed by atoms with Gasteiger partial charge in [0.15, 0.2) is 0 Å². The highest BCUT2D eigenvalue weighted by molar-refractivity contribution is 5.93. The van der Waals surface area contributed by atoms with Crippen LogP contribution in [0.3, 0.4) is 0 Å². The summed E-state index contributed by atoms with van der Waals surface area (Å²) >= 11 is 0. The van der Waals surface area contributed by atoms with Crippen LogP contribution >= 0.6 is 0 Å². The highest BCUT2D eigenvalue weighted by Crippen LogP contribution is 2.45. The van der Waals surface area contributed by atoms with Crippen LogP contribution in [0.15, 0.2) is 12.1 Å². The number of carbonyl (C=O) groups excluding carboxylic acids is 1. The molecule has 0 saturated carbocycles. The average Bonchev–Trinajstić information content (AvgIpc) is 3.01. The maximum absolute atomic E-state index is 12.1. The number of ether oxygens (including phenoxy) is 2. The van der Waals surface area contributed by atoms with Crippen LogP contribution in [0.2, 0.25) is 0 Å². The molecule has 0 aliphatic carbocycles. The van der Waals surface area contributed by atoms with Gasteiger partial charge in [0.2, 0.25) is 0 Å². The molecule has 2 N–H and O–H groups in total. The van der Waals surface area contributed by atoms with Crippen molar-refractivity contribution in [3.05, 3.63) is 34.4 Å². The lowest BCUT2D eigenvalue weighted by Gasteiger charge is -2.55. The van der Waals surface area contributed by atoms with Gasteiger partial charge in [0, 0.05) is 38.7 Å². The molecule has 3 rings (SSSR count). The van der Waals surface area contributed by atoms with E-state index in [-0.39, 0.29) is 24.1 Å². The Hall–Kier alpha value is -2.12. The zero-order valence-electron chi connectivity index (χ0n) is 17.3. The van der Waals surface area contributed by atoms with E-state index in [1.807, 2.05) is 13.0 Å². The summed E-state index contributed by atoms with van der Waals surface area (Å²) in [4.78, 5) is 25.5. The van der Waals surface area contributed by atoms with Crippen molar-refractivity contribution in [1.29, 1.82) is 0 Å². The maximum atomic E-state index is 12.1. The fourth-order valence-corrected chi connectivity index (χ4v) is 4.58. The number of fused-ring (bicyclic) bond motifs is 1. The zero-order valence-corrected chi connectivity index (χ0v) is 17.3. The summed E-state index contributed by atoms with van der Waals surface area (Å²) in [6, 6.07) is 3.70. The van der Waals surface area contributed by atoms with Crippen molar-refractivity contribution < 1.29 is 24.2 Å². The monoisotopic (exact) mass is 390 g/mol. The van der Waals surface area contributed by atoms with Crippen molar-refractivity contribution in [2.45, 2.75) is 52.4 Å². The molecular weight excluding hydrogens is 360 g/mol.